The summed E-state index contributed by atoms with van der Waals surface area (Å²) in [5, 5.41) is 20.4. The van der Waals surface area contributed by atoms with E-state index in [9.17, 15) is 24.3 Å². The fraction of sp³-hybridized carbons (Fsp3) is 0.355. The quantitative estimate of drug-likeness (QED) is 0.106. The predicted molar refractivity (Wildman–Crippen MR) is 162 cm³/mol. The van der Waals surface area contributed by atoms with Crippen LogP contribution < -0.4 is 14.2 Å². The van der Waals surface area contributed by atoms with Gasteiger partial charge in [0.1, 0.15) is 5.78 Å². The Bertz CT molecular complexity index is 1700. The van der Waals surface area contributed by atoms with Crippen molar-refractivity contribution in [2.24, 2.45) is 11.8 Å². The smallest absolute Gasteiger partial charge is 0.306 e. The van der Waals surface area contributed by atoms with Crippen molar-refractivity contribution >= 4 is 66.2 Å². The van der Waals surface area contributed by atoms with Gasteiger partial charge in [0.25, 0.3) is 0 Å². The van der Waals surface area contributed by atoms with Crippen molar-refractivity contribution in [2.75, 3.05) is 20.3 Å². The third kappa shape index (κ3) is 7.31. The zero-order chi connectivity index (χ0) is 31.4. The Balaban J connectivity index is 1.38. The van der Waals surface area contributed by atoms with Crippen LogP contribution in [0.4, 0.5) is 4.39 Å². The summed E-state index contributed by atoms with van der Waals surface area (Å²) in [4.78, 5) is 48.5. The molecule has 0 aliphatic rings. The number of ether oxygens (including phenoxy) is 3. The second-order valence-electron chi connectivity index (χ2n) is 10.3. The average molecular weight is 631 g/mol. The first-order chi connectivity index (χ1) is 20.4. The van der Waals surface area contributed by atoms with Crippen LogP contribution in [-0.4, -0.2) is 53.9 Å². The van der Waals surface area contributed by atoms with Crippen LogP contribution >= 0.6 is 22.7 Å². The van der Waals surface area contributed by atoms with Gasteiger partial charge in [-0.1, -0.05) is 13.8 Å². The monoisotopic (exact) mass is 630 g/mol. The zero-order valence-corrected chi connectivity index (χ0v) is 25.7. The summed E-state index contributed by atoms with van der Waals surface area (Å²) >= 11 is 2.29. The second kappa shape index (κ2) is 13.5. The molecule has 2 heterocycles. The van der Waals surface area contributed by atoms with Crippen molar-refractivity contribution in [1.82, 2.24) is 0 Å². The zero-order valence-electron chi connectivity index (χ0n) is 24.0. The lowest BCUT2D eigenvalue weighted by Gasteiger charge is -2.12. The summed E-state index contributed by atoms with van der Waals surface area (Å²) in [5.41, 5.74) is 0. The van der Waals surface area contributed by atoms with E-state index in [4.69, 9.17) is 19.3 Å². The van der Waals surface area contributed by atoms with Crippen LogP contribution in [0.3, 0.4) is 0 Å². The molecule has 0 saturated heterocycles. The molecule has 2 aromatic heterocycles. The molecule has 9 nitrogen and oxygen atoms in total. The number of hydrogen-bond donors (Lipinski definition) is 2. The van der Waals surface area contributed by atoms with E-state index in [-0.39, 0.29) is 54.5 Å². The van der Waals surface area contributed by atoms with Crippen molar-refractivity contribution in [3.63, 3.8) is 0 Å². The molecule has 43 heavy (non-hydrogen) atoms. The van der Waals surface area contributed by atoms with Crippen molar-refractivity contribution in [2.45, 2.75) is 40.0 Å². The molecule has 0 aliphatic heterocycles. The van der Waals surface area contributed by atoms with Gasteiger partial charge in [0.2, 0.25) is 0 Å². The third-order valence-electron chi connectivity index (χ3n) is 6.94. The molecular formula is C31H31FO9S2. The van der Waals surface area contributed by atoms with E-state index in [0.717, 1.165) is 21.4 Å². The van der Waals surface area contributed by atoms with Gasteiger partial charge >= 0.3 is 5.97 Å². The summed E-state index contributed by atoms with van der Waals surface area (Å²) in [6, 6.07) is 7.93. The molecule has 2 N–H and O–H groups in total. The number of methoxy groups -OCH3 is 1. The molecule has 2 atom stereocenters. The van der Waals surface area contributed by atoms with Gasteiger partial charge < -0.3 is 24.4 Å². The van der Waals surface area contributed by atoms with Crippen LogP contribution in [0.15, 0.2) is 30.3 Å². The number of hydrogen-bond acceptors (Lipinski definition) is 10. The van der Waals surface area contributed by atoms with Gasteiger partial charge in [-0.25, -0.2) is 4.39 Å². The van der Waals surface area contributed by atoms with Gasteiger partial charge in [0, 0.05) is 52.1 Å². The Labute approximate surface area is 254 Å². The number of aliphatic carboxylic acids is 1. The summed E-state index contributed by atoms with van der Waals surface area (Å²) in [7, 11) is 1.49. The Morgan fingerprint density at radius 2 is 1.49 bits per heavy atom. The molecular weight excluding hydrogens is 599 g/mol. The van der Waals surface area contributed by atoms with E-state index in [1.54, 1.807) is 25.1 Å². The number of rotatable bonds is 15. The molecule has 0 bridgehead atoms. The van der Waals surface area contributed by atoms with Crippen LogP contribution in [0.5, 0.6) is 23.0 Å². The number of Topliss-reactive ketones (excluding diaryl/α,β-unsaturated/α-hetero) is 3. The third-order valence-corrected chi connectivity index (χ3v) is 9.20. The van der Waals surface area contributed by atoms with E-state index >= 15 is 4.39 Å². The van der Waals surface area contributed by atoms with E-state index < -0.39 is 29.4 Å². The van der Waals surface area contributed by atoms with Crippen molar-refractivity contribution in [3.05, 3.63) is 45.9 Å². The number of thiophene rings is 2. The minimum Gasteiger partial charge on any atom is -0.504 e. The van der Waals surface area contributed by atoms with Gasteiger partial charge in [0.05, 0.1) is 36.0 Å². The van der Waals surface area contributed by atoms with Gasteiger partial charge in [-0.2, -0.15) is 0 Å². The minimum atomic E-state index is -1.03. The first kappa shape index (κ1) is 31.9. The SMILES string of the molecule is COc1cc2sc(C(=O)C[C@H](C)C(=O)O)cc2cc1OCCCOc1c(O)cc2sc(C(=O)C[C@H](C)C(C)=O)cc2c1F. The summed E-state index contributed by atoms with van der Waals surface area (Å²) < 4.78 is 33.3. The maximum Gasteiger partial charge on any atom is 0.306 e. The number of benzene rings is 2. The van der Waals surface area contributed by atoms with E-state index in [1.807, 2.05) is 0 Å². The molecule has 4 rings (SSSR count). The molecule has 0 aliphatic carbocycles. The van der Waals surface area contributed by atoms with Crippen LogP contribution in [-0.2, 0) is 9.59 Å². The lowest BCUT2D eigenvalue weighted by molar-refractivity contribution is -0.141. The number of aromatic hydroxyl groups is 1. The second-order valence-corrected chi connectivity index (χ2v) is 12.4. The highest BCUT2D eigenvalue weighted by Gasteiger charge is 2.22. The maximum absolute atomic E-state index is 15.2. The van der Waals surface area contributed by atoms with Crippen molar-refractivity contribution in [3.8, 4) is 23.0 Å². The number of carbonyl (C=O) groups excluding carboxylic acids is 3. The van der Waals surface area contributed by atoms with E-state index in [2.05, 4.69) is 0 Å². The van der Waals surface area contributed by atoms with Crippen LogP contribution in [0.1, 0.15) is 59.4 Å². The number of carbonyl (C=O) groups is 4. The first-order valence-corrected chi connectivity index (χ1v) is 15.1. The van der Waals surface area contributed by atoms with Crippen molar-refractivity contribution < 1.29 is 48.0 Å². The highest BCUT2D eigenvalue weighted by atomic mass is 32.1. The van der Waals surface area contributed by atoms with E-state index in [0.29, 0.717) is 32.4 Å². The molecule has 2 aromatic carbocycles. The number of ketones is 3. The molecule has 0 radical (unpaired) electrons. The Morgan fingerprint density at radius 3 is 2.14 bits per heavy atom. The van der Waals surface area contributed by atoms with Gasteiger partial charge in [-0.15, -0.1) is 22.7 Å². The summed E-state index contributed by atoms with van der Waals surface area (Å²) in [5.74, 6) is -3.51. The lowest BCUT2D eigenvalue weighted by Crippen LogP contribution is -2.13. The first-order valence-electron chi connectivity index (χ1n) is 13.5. The number of phenols is 1. The molecule has 228 valence electrons. The molecule has 4 aromatic rings. The maximum atomic E-state index is 15.2. The molecule has 0 fully saturated rings. The highest BCUT2D eigenvalue weighted by molar-refractivity contribution is 7.21. The van der Waals surface area contributed by atoms with Crippen LogP contribution in [0, 0.1) is 17.7 Å². The average Bonchev–Trinajstić information content (AvgIpc) is 3.58. The van der Waals surface area contributed by atoms with Gasteiger partial charge in [-0.05, 0) is 30.5 Å². The Morgan fingerprint density at radius 1 is 0.860 bits per heavy atom. The van der Waals surface area contributed by atoms with Crippen molar-refractivity contribution in [1.29, 1.82) is 0 Å². The molecule has 12 heteroatoms. The summed E-state index contributed by atoms with van der Waals surface area (Å²) in [6.07, 6.45) is 0.251. The lowest BCUT2D eigenvalue weighted by atomic mass is 10.00. The molecule has 0 spiro atoms. The number of carboxylic acids is 1. The standard InChI is InChI=1S/C31H31FO9S2/c1-15(17(3)33)8-20(34)28-12-19-26(43-28)13-22(36)30(29(19)32)41-7-5-6-40-24-10-18-11-27(21(35)9-16(2)31(37)38)42-25(18)14-23(24)39-4/h10-16,36H,5-9H2,1-4H3,(H,37,38)/t15-,16-/m0/s1. The molecule has 0 amide bonds. The van der Waals surface area contributed by atoms with Crippen LogP contribution in [0.25, 0.3) is 20.2 Å². The predicted octanol–water partition coefficient (Wildman–Crippen LogP) is 6.91. The number of phenolic OH excluding ortho intramolecular Hbond substituents is 1. The minimum absolute atomic E-state index is 0.0193. The fourth-order valence-corrected chi connectivity index (χ4v) is 6.31. The van der Waals surface area contributed by atoms with Gasteiger partial charge in [0.15, 0.2) is 40.4 Å². The normalized spacial score (nSPS) is 12.7. The Hall–Kier alpha value is -4.03. The molecule has 0 unspecified atom stereocenters. The Kier molecular flexibility index (Phi) is 10.0. The fourth-order valence-electron chi connectivity index (χ4n) is 4.24. The summed E-state index contributed by atoms with van der Waals surface area (Å²) in [6.45, 7) is 4.76. The number of carboxylic acid groups (broad SMARTS) is 1. The highest BCUT2D eigenvalue weighted by Crippen LogP contribution is 2.40. The number of fused-ring (bicyclic) bond motifs is 2. The van der Waals surface area contributed by atoms with Gasteiger partial charge in [-0.3, -0.25) is 19.2 Å². The number of halogens is 1. The largest absolute Gasteiger partial charge is 0.504 e. The van der Waals surface area contributed by atoms with Crippen LogP contribution in [0.2, 0.25) is 0 Å². The topological polar surface area (TPSA) is 136 Å². The van der Waals surface area contributed by atoms with E-state index in [1.165, 1.54) is 44.4 Å². The molecule has 0 saturated carbocycles.